The topological polar surface area (TPSA) is 46.5 Å². The van der Waals surface area contributed by atoms with Crippen LogP contribution in [0.3, 0.4) is 0 Å². The molecule has 0 aliphatic heterocycles. The zero-order valence-electron chi connectivity index (χ0n) is 10.1. The van der Waals surface area contributed by atoms with Gasteiger partial charge in [0.15, 0.2) is 6.61 Å². The molecular formula is C15H14O3. The molecule has 0 aromatic heterocycles. The van der Waals surface area contributed by atoms with Gasteiger partial charge < -0.3 is 9.84 Å². The smallest absolute Gasteiger partial charge is 0.341 e. The van der Waals surface area contributed by atoms with Crippen LogP contribution in [0.2, 0.25) is 0 Å². The summed E-state index contributed by atoms with van der Waals surface area (Å²) in [4.78, 5) is 10.4. The lowest BCUT2D eigenvalue weighted by molar-refractivity contribution is -0.139. The standard InChI is InChI=1S/C15H14O3/c1-11-2-4-12(5-3-11)13-6-8-14(9-7-13)18-10-15(16)17/h2-9H,10H2,1H3,(H,16,17). The fourth-order valence-corrected chi connectivity index (χ4v) is 1.63. The minimum absolute atomic E-state index is 0.316. The molecule has 92 valence electrons. The van der Waals surface area contributed by atoms with Crippen molar-refractivity contribution in [1.82, 2.24) is 0 Å². The second-order valence-corrected chi connectivity index (χ2v) is 4.07. The van der Waals surface area contributed by atoms with Crippen molar-refractivity contribution >= 4 is 5.97 Å². The molecule has 3 heteroatoms. The third-order valence-corrected chi connectivity index (χ3v) is 2.60. The number of hydrogen-bond acceptors (Lipinski definition) is 2. The van der Waals surface area contributed by atoms with Gasteiger partial charge in [0.05, 0.1) is 0 Å². The van der Waals surface area contributed by atoms with Gasteiger partial charge >= 0.3 is 5.97 Å². The summed E-state index contributed by atoms with van der Waals surface area (Å²) >= 11 is 0. The van der Waals surface area contributed by atoms with Gasteiger partial charge in [0, 0.05) is 0 Å². The molecule has 3 nitrogen and oxygen atoms in total. The first-order chi connectivity index (χ1) is 8.65. The molecule has 18 heavy (non-hydrogen) atoms. The maximum absolute atomic E-state index is 10.4. The van der Waals surface area contributed by atoms with E-state index >= 15 is 0 Å². The van der Waals surface area contributed by atoms with E-state index in [0.717, 1.165) is 11.1 Å². The Hall–Kier alpha value is -2.29. The molecule has 0 aliphatic carbocycles. The van der Waals surface area contributed by atoms with E-state index in [9.17, 15) is 4.79 Å². The van der Waals surface area contributed by atoms with Crippen molar-refractivity contribution in [3.8, 4) is 16.9 Å². The van der Waals surface area contributed by atoms with Crippen LogP contribution in [-0.4, -0.2) is 17.7 Å². The van der Waals surface area contributed by atoms with Crippen LogP contribution in [0.25, 0.3) is 11.1 Å². The van der Waals surface area contributed by atoms with E-state index in [1.165, 1.54) is 5.56 Å². The van der Waals surface area contributed by atoms with Crippen molar-refractivity contribution in [3.63, 3.8) is 0 Å². The van der Waals surface area contributed by atoms with E-state index in [0.29, 0.717) is 5.75 Å². The van der Waals surface area contributed by atoms with E-state index in [4.69, 9.17) is 9.84 Å². The Kier molecular flexibility index (Phi) is 3.63. The molecule has 0 fully saturated rings. The highest BCUT2D eigenvalue weighted by atomic mass is 16.5. The molecule has 0 unspecified atom stereocenters. The Morgan fingerprint density at radius 3 is 2.00 bits per heavy atom. The molecule has 0 aliphatic rings. The van der Waals surface area contributed by atoms with Crippen LogP contribution in [0.5, 0.6) is 5.75 Å². The van der Waals surface area contributed by atoms with E-state index in [1.807, 2.05) is 19.1 Å². The second kappa shape index (κ2) is 5.36. The number of carboxylic acids is 1. The molecule has 0 bridgehead atoms. The van der Waals surface area contributed by atoms with Gasteiger partial charge in [-0.1, -0.05) is 42.0 Å². The SMILES string of the molecule is Cc1ccc(-c2ccc(OCC(=O)O)cc2)cc1. The number of benzene rings is 2. The summed E-state index contributed by atoms with van der Waals surface area (Å²) in [5.41, 5.74) is 3.43. The summed E-state index contributed by atoms with van der Waals surface area (Å²) in [5.74, 6) is -0.411. The van der Waals surface area contributed by atoms with Gasteiger partial charge in [-0.2, -0.15) is 0 Å². The molecule has 0 saturated carbocycles. The highest BCUT2D eigenvalue weighted by Gasteiger charge is 2.01. The molecule has 2 aromatic carbocycles. The predicted octanol–water partition coefficient (Wildman–Crippen LogP) is 3.13. The number of ether oxygens (including phenoxy) is 1. The molecule has 0 spiro atoms. The third kappa shape index (κ3) is 3.10. The molecule has 1 N–H and O–H groups in total. The maximum atomic E-state index is 10.4. The summed E-state index contributed by atoms with van der Waals surface area (Å²) < 4.78 is 5.08. The Balaban J connectivity index is 2.12. The molecule has 2 aromatic rings. The molecular weight excluding hydrogens is 228 g/mol. The molecule has 0 atom stereocenters. The summed E-state index contributed by atoms with van der Waals surface area (Å²) in [6, 6.07) is 15.6. The van der Waals surface area contributed by atoms with E-state index in [2.05, 4.69) is 24.3 Å². The lowest BCUT2D eigenvalue weighted by Gasteiger charge is -2.05. The fraction of sp³-hybridized carbons (Fsp3) is 0.133. The Morgan fingerprint density at radius 2 is 1.50 bits per heavy atom. The van der Waals surface area contributed by atoms with Crippen LogP contribution in [0.4, 0.5) is 0 Å². The van der Waals surface area contributed by atoms with Crippen molar-refractivity contribution in [2.24, 2.45) is 0 Å². The van der Waals surface area contributed by atoms with Crippen LogP contribution >= 0.6 is 0 Å². The third-order valence-electron chi connectivity index (χ3n) is 2.60. The monoisotopic (exact) mass is 242 g/mol. The van der Waals surface area contributed by atoms with Crippen LogP contribution in [0.15, 0.2) is 48.5 Å². The Morgan fingerprint density at radius 1 is 1.00 bits per heavy atom. The zero-order valence-corrected chi connectivity index (χ0v) is 10.1. The summed E-state index contributed by atoms with van der Waals surface area (Å²) in [7, 11) is 0. The van der Waals surface area contributed by atoms with Gasteiger partial charge in [0.25, 0.3) is 0 Å². The predicted molar refractivity (Wildman–Crippen MR) is 69.7 cm³/mol. The van der Waals surface area contributed by atoms with Crippen molar-refractivity contribution in [2.75, 3.05) is 6.61 Å². The van der Waals surface area contributed by atoms with Crippen molar-refractivity contribution in [1.29, 1.82) is 0 Å². The lowest BCUT2D eigenvalue weighted by Crippen LogP contribution is -2.09. The second-order valence-electron chi connectivity index (χ2n) is 4.07. The summed E-state index contributed by atoms with van der Waals surface area (Å²) in [5, 5.41) is 8.51. The largest absolute Gasteiger partial charge is 0.482 e. The lowest BCUT2D eigenvalue weighted by atomic mass is 10.0. The first-order valence-corrected chi connectivity index (χ1v) is 5.67. The normalized spacial score (nSPS) is 10.1. The van der Waals surface area contributed by atoms with Gasteiger partial charge in [0.2, 0.25) is 0 Å². The number of aryl methyl sites for hydroxylation is 1. The van der Waals surface area contributed by atoms with Crippen LogP contribution in [-0.2, 0) is 4.79 Å². The first kappa shape index (κ1) is 12.2. The number of carboxylic acid groups (broad SMARTS) is 1. The highest BCUT2D eigenvalue weighted by Crippen LogP contribution is 2.22. The van der Waals surface area contributed by atoms with Crippen molar-refractivity contribution in [2.45, 2.75) is 6.92 Å². The minimum Gasteiger partial charge on any atom is -0.482 e. The van der Waals surface area contributed by atoms with Gasteiger partial charge in [-0.05, 0) is 30.2 Å². The van der Waals surface area contributed by atoms with Crippen molar-refractivity contribution < 1.29 is 14.6 Å². The van der Waals surface area contributed by atoms with E-state index in [1.54, 1.807) is 12.1 Å². The zero-order chi connectivity index (χ0) is 13.0. The quantitative estimate of drug-likeness (QED) is 0.896. The number of aliphatic carboxylic acids is 1. The Bertz CT molecular complexity index is 527. The van der Waals surface area contributed by atoms with E-state index in [-0.39, 0.29) is 6.61 Å². The molecule has 0 heterocycles. The number of carbonyl (C=O) groups is 1. The average molecular weight is 242 g/mol. The molecule has 0 radical (unpaired) electrons. The molecule has 0 saturated heterocycles. The number of hydrogen-bond donors (Lipinski definition) is 1. The van der Waals surface area contributed by atoms with E-state index < -0.39 is 5.97 Å². The van der Waals surface area contributed by atoms with Crippen LogP contribution in [0, 0.1) is 6.92 Å². The maximum Gasteiger partial charge on any atom is 0.341 e. The first-order valence-electron chi connectivity index (χ1n) is 5.67. The van der Waals surface area contributed by atoms with Gasteiger partial charge in [-0.15, -0.1) is 0 Å². The molecule has 0 amide bonds. The fourth-order valence-electron chi connectivity index (χ4n) is 1.63. The van der Waals surface area contributed by atoms with Crippen LogP contribution in [0.1, 0.15) is 5.56 Å². The summed E-state index contributed by atoms with van der Waals surface area (Å²) in [6.07, 6.45) is 0. The van der Waals surface area contributed by atoms with Crippen molar-refractivity contribution in [3.05, 3.63) is 54.1 Å². The Labute approximate surface area is 106 Å². The number of rotatable bonds is 4. The highest BCUT2D eigenvalue weighted by molar-refractivity contribution is 5.68. The van der Waals surface area contributed by atoms with Gasteiger partial charge in [-0.25, -0.2) is 4.79 Å². The van der Waals surface area contributed by atoms with Gasteiger partial charge in [0.1, 0.15) is 5.75 Å². The average Bonchev–Trinajstić information content (AvgIpc) is 2.38. The minimum atomic E-state index is -0.974. The van der Waals surface area contributed by atoms with Gasteiger partial charge in [-0.3, -0.25) is 0 Å². The summed E-state index contributed by atoms with van der Waals surface area (Å²) in [6.45, 7) is 1.73. The van der Waals surface area contributed by atoms with Crippen LogP contribution < -0.4 is 4.74 Å². The molecule has 2 rings (SSSR count).